The van der Waals surface area contributed by atoms with E-state index in [4.69, 9.17) is 17.3 Å². The van der Waals surface area contributed by atoms with Crippen molar-refractivity contribution in [3.8, 4) is 0 Å². The highest BCUT2D eigenvalue weighted by molar-refractivity contribution is 8.00. The van der Waals surface area contributed by atoms with Crippen molar-refractivity contribution in [1.29, 1.82) is 0 Å². The molecule has 0 aliphatic heterocycles. The lowest BCUT2D eigenvalue weighted by Gasteiger charge is -2.17. The van der Waals surface area contributed by atoms with E-state index in [0.717, 1.165) is 4.90 Å². The molecule has 0 fully saturated rings. The minimum atomic E-state index is -0.435. The molecule has 0 aliphatic carbocycles. The third kappa shape index (κ3) is 7.22. The number of carbonyl (C=O) groups excluding carboxylic acids is 3. The minimum absolute atomic E-state index is 0.0186. The number of nitrogens with two attached hydrogens (primary N) is 1. The number of primary amides is 1. The molecule has 0 heterocycles. The molecule has 0 saturated carbocycles. The monoisotopic (exact) mass is 420 g/mol. The smallest absolute Gasteiger partial charge is 0.238 e. The molecule has 2 aromatic rings. The highest BCUT2D eigenvalue weighted by atomic mass is 35.5. The van der Waals surface area contributed by atoms with Gasteiger partial charge >= 0.3 is 0 Å². The number of likely N-dealkylation sites (N-methyl/N-ethyl adjacent to an activating group) is 1. The molecule has 9 heteroatoms. The summed E-state index contributed by atoms with van der Waals surface area (Å²) in [6, 6.07) is 14.1. The van der Waals surface area contributed by atoms with Gasteiger partial charge in [-0.1, -0.05) is 35.9 Å². The number of para-hydroxylation sites is 2. The number of hydrogen-bond donors (Lipinski definition) is 3. The van der Waals surface area contributed by atoms with Crippen molar-refractivity contribution in [1.82, 2.24) is 4.90 Å². The largest absolute Gasteiger partial charge is 0.369 e. The highest BCUT2D eigenvalue weighted by Gasteiger charge is 2.13. The molecule has 0 saturated heterocycles. The summed E-state index contributed by atoms with van der Waals surface area (Å²) in [5.74, 6) is -0.869. The second kappa shape index (κ2) is 10.7. The van der Waals surface area contributed by atoms with Crippen molar-refractivity contribution < 1.29 is 14.4 Å². The van der Waals surface area contributed by atoms with Gasteiger partial charge in [0.2, 0.25) is 17.7 Å². The molecule has 28 heavy (non-hydrogen) atoms. The van der Waals surface area contributed by atoms with E-state index in [9.17, 15) is 14.4 Å². The topological polar surface area (TPSA) is 105 Å². The van der Waals surface area contributed by atoms with Gasteiger partial charge < -0.3 is 16.4 Å². The number of benzene rings is 2. The van der Waals surface area contributed by atoms with Crippen LogP contribution in [0.4, 0.5) is 11.4 Å². The Morgan fingerprint density at radius 1 is 0.964 bits per heavy atom. The van der Waals surface area contributed by atoms with Crippen molar-refractivity contribution >= 4 is 52.5 Å². The second-order valence-electron chi connectivity index (χ2n) is 6.00. The summed E-state index contributed by atoms with van der Waals surface area (Å²) in [5, 5.41) is 5.95. The molecule has 0 aromatic heterocycles. The first-order valence-corrected chi connectivity index (χ1v) is 9.74. The molecule has 2 aromatic carbocycles. The van der Waals surface area contributed by atoms with Gasteiger partial charge in [0.05, 0.1) is 35.2 Å². The van der Waals surface area contributed by atoms with Crippen molar-refractivity contribution in [2.75, 3.05) is 36.5 Å². The first-order valence-electron chi connectivity index (χ1n) is 8.38. The van der Waals surface area contributed by atoms with Crippen LogP contribution in [0, 0.1) is 0 Å². The number of anilines is 2. The summed E-state index contributed by atoms with van der Waals surface area (Å²) in [7, 11) is 1.67. The Morgan fingerprint density at radius 3 is 2.11 bits per heavy atom. The van der Waals surface area contributed by atoms with Gasteiger partial charge in [0.25, 0.3) is 0 Å². The van der Waals surface area contributed by atoms with Crippen LogP contribution < -0.4 is 16.4 Å². The highest BCUT2D eigenvalue weighted by Crippen LogP contribution is 2.26. The molecule has 0 atom stereocenters. The SMILES string of the molecule is CN(CC(=O)Nc1ccccc1Cl)CC(=O)Nc1ccccc1SCC(N)=O. The lowest BCUT2D eigenvalue weighted by molar-refractivity contribution is -0.119. The van der Waals surface area contributed by atoms with Gasteiger partial charge in [0.1, 0.15) is 0 Å². The van der Waals surface area contributed by atoms with Crippen molar-refractivity contribution in [3.63, 3.8) is 0 Å². The van der Waals surface area contributed by atoms with E-state index in [0.29, 0.717) is 16.4 Å². The van der Waals surface area contributed by atoms with E-state index in [-0.39, 0.29) is 30.7 Å². The molecule has 4 N–H and O–H groups in total. The lowest BCUT2D eigenvalue weighted by Crippen LogP contribution is -2.36. The van der Waals surface area contributed by atoms with Gasteiger partial charge in [0, 0.05) is 4.90 Å². The fraction of sp³-hybridized carbons (Fsp3) is 0.211. The molecular weight excluding hydrogens is 400 g/mol. The normalized spacial score (nSPS) is 10.5. The molecule has 3 amide bonds. The number of carbonyl (C=O) groups is 3. The Morgan fingerprint density at radius 2 is 1.50 bits per heavy atom. The Hall–Kier alpha value is -2.55. The zero-order chi connectivity index (χ0) is 20.5. The summed E-state index contributed by atoms with van der Waals surface area (Å²) >= 11 is 7.27. The van der Waals surface area contributed by atoms with E-state index < -0.39 is 5.91 Å². The number of halogens is 1. The molecular formula is C19H21ClN4O3S. The molecule has 2 rings (SSSR count). The third-order valence-corrected chi connectivity index (χ3v) is 4.93. The molecule has 0 unspecified atom stereocenters. The van der Waals surface area contributed by atoms with Crippen molar-refractivity contribution in [2.45, 2.75) is 4.90 Å². The summed E-state index contributed by atoms with van der Waals surface area (Å²) in [5.41, 5.74) is 6.28. The number of amides is 3. The van der Waals surface area contributed by atoms with E-state index in [1.165, 1.54) is 11.8 Å². The predicted octanol–water partition coefficient (Wildman–Crippen LogP) is 2.43. The summed E-state index contributed by atoms with van der Waals surface area (Å²) < 4.78 is 0. The Balaban J connectivity index is 1.86. The summed E-state index contributed by atoms with van der Waals surface area (Å²) in [6.45, 7) is 0.0431. The van der Waals surface area contributed by atoms with Gasteiger partial charge in [-0.15, -0.1) is 11.8 Å². The molecule has 7 nitrogen and oxygen atoms in total. The number of nitrogens with one attached hydrogen (secondary N) is 2. The molecule has 0 radical (unpaired) electrons. The van der Waals surface area contributed by atoms with Crippen LogP contribution >= 0.6 is 23.4 Å². The maximum Gasteiger partial charge on any atom is 0.238 e. The molecule has 148 valence electrons. The van der Waals surface area contributed by atoms with Crippen molar-refractivity contribution in [2.24, 2.45) is 5.73 Å². The van der Waals surface area contributed by atoms with Crippen LogP contribution in [-0.2, 0) is 14.4 Å². The van der Waals surface area contributed by atoms with E-state index in [1.807, 2.05) is 6.07 Å². The van der Waals surface area contributed by atoms with Crippen LogP contribution in [0.15, 0.2) is 53.4 Å². The fourth-order valence-electron chi connectivity index (χ4n) is 2.33. The van der Waals surface area contributed by atoms with Gasteiger partial charge in [-0.2, -0.15) is 0 Å². The summed E-state index contributed by atoms with van der Waals surface area (Å²) in [4.78, 5) is 37.7. The number of nitrogens with zero attached hydrogens (tertiary/aromatic N) is 1. The molecule has 0 bridgehead atoms. The standard InChI is InChI=1S/C19H21ClN4O3S/c1-24(10-18(26)22-14-7-3-2-6-13(14)20)11-19(27)23-15-8-4-5-9-16(15)28-12-17(21)25/h2-9H,10-12H2,1H3,(H2,21,25)(H,22,26)(H,23,27). The van der Waals surface area contributed by atoms with Crippen molar-refractivity contribution in [3.05, 3.63) is 53.6 Å². The average molecular weight is 421 g/mol. The second-order valence-corrected chi connectivity index (χ2v) is 7.42. The van der Waals surface area contributed by atoms with Gasteiger partial charge in [0.15, 0.2) is 0 Å². The first-order chi connectivity index (χ1) is 13.3. The summed E-state index contributed by atoms with van der Waals surface area (Å²) in [6.07, 6.45) is 0. The average Bonchev–Trinajstić information content (AvgIpc) is 2.62. The van der Waals surface area contributed by atoms with Crippen LogP contribution in [-0.4, -0.2) is 48.5 Å². The number of rotatable bonds is 9. The lowest BCUT2D eigenvalue weighted by atomic mass is 10.3. The number of hydrogen-bond acceptors (Lipinski definition) is 5. The maximum absolute atomic E-state index is 12.3. The minimum Gasteiger partial charge on any atom is -0.369 e. The van der Waals surface area contributed by atoms with Crippen LogP contribution in [0.5, 0.6) is 0 Å². The molecule has 0 aliphatic rings. The van der Waals surface area contributed by atoms with Gasteiger partial charge in [-0.3, -0.25) is 19.3 Å². The Kier molecular flexibility index (Phi) is 8.31. The zero-order valence-corrected chi connectivity index (χ0v) is 16.8. The van der Waals surface area contributed by atoms with Crippen LogP contribution in [0.1, 0.15) is 0 Å². The number of thioether (sulfide) groups is 1. The van der Waals surface area contributed by atoms with E-state index in [1.54, 1.807) is 54.4 Å². The van der Waals surface area contributed by atoms with Crippen LogP contribution in [0.25, 0.3) is 0 Å². The quantitative estimate of drug-likeness (QED) is 0.540. The van der Waals surface area contributed by atoms with Gasteiger partial charge in [-0.25, -0.2) is 0 Å². The fourth-order valence-corrected chi connectivity index (χ4v) is 3.26. The predicted molar refractivity (Wildman–Crippen MR) is 113 cm³/mol. The van der Waals surface area contributed by atoms with Crippen LogP contribution in [0.3, 0.4) is 0 Å². The van der Waals surface area contributed by atoms with E-state index >= 15 is 0 Å². The zero-order valence-electron chi connectivity index (χ0n) is 15.3. The maximum atomic E-state index is 12.3. The third-order valence-electron chi connectivity index (χ3n) is 3.51. The van der Waals surface area contributed by atoms with E-state index in [2.05, 4.69) is 10.6 Å². The Labute approximate surface area is 172 Å². The molecule has 0 spiro atoms. The Bertz CT molecular complexity index is 863. The van der Waals surface area contributed by atoms with Gasteiger partial charge in [-0.05, 0) is 31.3 Å². The first kappa shape index (κ1) is 21.7. The van der Waals surface area contributed by atoms with Crippen LogP contribution in [0.2, 0.25) is 5.02 Å².